The first-order valence-corrected chi connectivity index (χ1v) is 13.2. The molecule has 0 saturated carbocycles. The third kappa shape index (κ3) is 6.56. The second kappa shape index (κ2) is 12.9. The molecule has 1 heterocycles. The van der Waals surface area contributed by atoms with E-state index in [2.05, 4.69) is 38.7 Å². The van der Waals surface area contributed by atoms with E-state index in [1.807, 2.05) is 61.5 Å². The van der Waals surface area contributed by atoms with E-state index in [0.29, 0.717) is 23.5 Å². The number of carbonyl (C=O) groups excluding carboxylic acids is 2. The third-order valence-electron chi connectivity index (χ3n) is 6.70. The molecule has 0 atom stereocenters. The number of methoxy groups -OCH3 is 1. The Morgan fingerprint density at radius 1 is 0.816 bits per heavy atom. The lowest BCUT2D eigenvalue weighted by molar-refractivity contribution is 0.0954. The van der Waals surface area contributed by atoms with Crippen LogP contribution in [0.5, 0.6) is 5.75 Å². The number of benzene rings is 3. The predicted molar refractivity (Wildman–Crippen MR) is 155 cm³/mol. The van der Waals surface area contributed by atoms with E-state index >= 15 is 0 Å². The maximum atomic E-state index is 13.1. The minimum atomic E-state index is -0.354. The van der Waals surface area contributed by atoms with E-state index in [4.69, 9.17) is 4.74 Å². The number of amides is 3. The van der Waals surface area contributed by atoms with Gasteiger partial charge in [-0.1, -0.05) is 38.1 Å². The van der Waals surface area contributed by atoms with Gasteiger partial charge >= 0.3 is 6.03 Å². The molecule has 3 amide bonds. The minimum Gasteiger partial charge on any atom is -0.495 e. The monoisotopic (exact) mass is 515 g/mol. The van der Waals surface area contributed by atoms with Crippen molar-refractivity contribution in [3.63, 3.8) is 0 Å². The normalized spacial score (nSPS) is 13.1. The van der Waals surface area contributed by atoms with Crippen LogP contribution in [-0.4, -0.2) is 51.8 Å². The highest BCUT2D eigenvalue weighted by molar-refractivity contribution is 6.04. The summed E-state index contributed by atoms with van der Waals surface area (Å²) in [6.07, 6.45) is 1.78. The molecule has 0 spiro atoms. The van der Waals surface area contributed by atoms with Crippen LogP contribution < -0.4 is 30.5 Å². The van der Waals surface area contributed by atoms with Gasteiger partial charge < -0.3 is 30.5 Å². The van der Waals surface area contributed by atoms with E-state index in [9.17, 15) is 9.59 Å². The van der Waals surface area contributed by atoms with Crippen molar-refractivity contribution in [3.8, 4) is 5.75 Å². The molecular weight excluding hydrogens is 478 g/mol. The molecule has 1 saturated heterocycles. The average molecular weight is 516 g/mol. The van der Waals surface area contributed by atoms with E-state index in [-0.39, 0.29) is 11.9 Å². The molecule has 3 N–H and O–H groups in total. The summed E-state index contributed by atoms with van der Waals surface area (Å²) < 4.78 is 5.54. The summed E-state index contributed by atoms with van der Waals surface area (Å²) in [5.41, 5.74) is 4.97. The molecular formula is C30H37N5O3. The molecule has 3 aromatic carbocycles. The van der Waals surface area contributed by atoms with E-state index < -0.39 is 0 Å². The fourth-order valence-electron chi connectivity index (χ4n) is 4.60. The van der Waals surface area contributed by atoms with E-state index in [1.54, 1.807) is 13.2 Å². The minimum absolute atomic E-state index is 0.145. The van der Waals surface area contributed by atoms with Gasteiger partial charge in [0.25, 0.3) is 5.91 Å². The summed E-state index contributed by atoms with van der Waals surface area (Å²) >= 11 is 0. The summed E-state index contributed by atoms with van der Waals surface area (Å²) in [5, 5.41) is 8.71. The van der Waals surface area contributed by atoms with Crippen molar-refractivity contribution in [1.82, 2.24) is 5.32 Å². The van der Waals surface area contributed by atoms with E-state index in [0.717, 1.165) is 56.1 Å². The highest BCUT2D eigenvalue weighted by Crippen LogP contribution is 2.31. The fourth-order valence-corrected chi connectivity index (χ4v) is 4.60. The van der Waals surface area contributed by atoms with Crippen LogP contribution in [-0.2, 0) is 6.42 Å². The zero-order valence-electron chi connectivity index (χ0n) is 22.4. The Bertz CT molecular complexity index is 1240. The van der Waals surface area contributed by atoms with Gasteiger partial charge in [-0.25, -0.2) is 4.79 Å². The quantitative estimate of drug-likeness (QED) is 0.357. The molecule has 4 rings (SSSR count). The molecule has 0 aliphatic carbocycles. The van der Waals surface area contributed by atoms with Crippen molar-refractivity contribution in [3.05, 3.63) is 77.9 Å². The lowest BCUT2D eigenvalue weighted by Crippen LogP contribution is -2.47. The number of nitrogens with one attached hydrogen (secondary N) is 3. The van der Waals surface area contributed by atoms with Crippen LogP contribution >= 0.6 is 0 Å². The highest BCUT2D eigenvalue weighted by atomic mass is 16.5. The Morgan fingerprint density at radius 3 is 2.11 bits per heavy atom. The van der Waals surface area contributed by atoms with Gasteiger partial charge in [0.05, 0.1) is 18.4 Å². The van der Waals surface area contributed by atoms with Gasteiger partial charge in [-0.2, -0.15) is 0 Å². The number of urea groups is 1. The third-order valence-corrected chi connectivity index (χ3v) is 6.70. The number of piperazine rings is 1. The van der Waals surface area contributed by atoms with E-state index in [1.165, 1.54) is 5.56 Å². The van der Waals surface area contributed by atoms with Gasteiger partial charge in [-0.15, -0.1) is 0 Å². The Morgan fingerprint density at radius 2 is 1.45 bits per heavy atom. The van der Waals surface area contributed by atoms with Gasteiger partial charge in [0.2, 0.25) is 0 Å². The molecule has 3 aromatic rings. The maximum Gasteiger partial charge on any atom is 0.323 e. The number of aryl methyl sites for hydroxylation is 1. The topological polar surface area (TPSA) is 85.9 Å². The SMILES string of the molecule is CCCNC(=O)c1cc(NC(=O)Nc2ccc(CC)cc2)ccc1N1CCN(c2ccccc2OC)CC1. The Hall–Kier alpha value is -4.20. The molecule has 1 aliphatic heterocycles. The molecule has 200 valence electrons. The molecule has 0 bridgehead atoms. The number of para-hydroxylation sites is 2. The van der Waals surface area contributed by atoms with Gasteiger partial charge in [0.1, 0.15) is 5.75 Å². The van der Waals surface area contributed by atoms with Crippen LogP contribution in [0.3, 0.4) is 0 Å². The number of anilines is 4. The van der Waals surface area contributed by atoms with Crippen LogP contribution in [0.4, 0.5) is 27.5 Å². The van der Waals surface area contributed by atoms with Crippen molar-refractivity contribution in [2.24, 2.45) is 0 Å². The van der Waals surface area contributed by atoms with Crippen molar-refractivity contribution in [1.29, 1.82) is 0 Å². The van der Waals surface area contributed by atoms with Gasteiger partial charge in [0.15, 0.2) is 0 Å². The zero-order chi connectivity index (χ0) is 26.9. The van der Waals surface area contributed by atoms with Gasteiger partial charge in [-0.3, -0.25) is 4.79 Å². The summed E-state index contributed by atoms with van der Waals surface area (Å²) in [6.45, 7) is 7.82. The van der Waals surface area contributed by atoms with Crippen LogP contribution in [0.1, 0.15) is 36.2 Å². The number of carbonyl (C=O) groups is 2. The molecule has 0 unspecified atom stereocenters. The summed E-state index contributed by atoms with van der Waals surface area (Å²) in [6, 6.07) is 21.0. The smallest absolute Gasteiger partial charge is 0.323 e. The fraction of sp³-hybridized carbons (Fsp3) is 0.333. The van der Waals surface area contributed by atoms with Gasteiger partial charge in [-0.05, 0) is 60.9 Å². The molecule has 8 heteroatoms. The van der Waals surface area contributed by atoms with Crippen molar-refractivity contribution in [2.45, 2.75) is 26.7 Å². The van der Waals surface area contributed by atoms with Crippen LogP contribution in [0.15, 0.2) is 66.7 Å². The highest BCUT2D eigenvalue weighted by Gasteiger charge is 2.23. The Kier molecular flexibility index (Phi) is 9.08. The largest absolute Gasteiger partial charge is 0.495 e. The molecule has 0 radical (unpaired) electrons. The molecule has 38 heavy (non-hydrogen) atoms. The molecule has 8 nitrogen and oxygen atoms in total. The van der Waals surface area contributed by atoms with Gasteiger partial charge in [0, 0.05) is 49.8 Å². The molecule has 0 aromatic heterocycles. The van der Waals surface area contributed by atoms with Crippen molar-refractivity contribution in [2.75, 3.05) is 60.3 Å². The van der Waals surface area contributed by atoms with Crippen LogP contribution in [0.2, 0.25) is 0 Å². The molecule has 1 aliphatic rings. The number of hydrogen-bond acceptors (Lipinski definition) is 5. The predicted octanol–water partition coefficient (Wildman–Crippen LogP) is 5.37. The second-order valence-electron chi connectivity index (χ2n) is 9.26. The standard InChI is InChI=1S/C30H37N5O3/c1-4-16-31-29(36)25-21-24(33-30(37)32-23-12-10-22(5-2)11-13-23)14-15-26(25)34-17-19-35(20-18-34)27-8-6-7-9-28(27)38-3/h6-15,21H,4-5,16-20H2,1-3H3,(H,31,36)(H2,32,33,37). The Labute approximate surface area is 225 Å². The van der Waals surface area contributed by atoms with Crippen LogP contribution in [0.25, 0.3) is 0 Å². The lowest BCUT2D eigenvalue weighted by atomic mass is 10.1. The summed E-state index contributed by atoms with van der Waals surface area (Å²) in [4.78, 5) is 30.3. The summed E-state index contributed by atoms with van der Waals surface area (Å²) in [5.74, 6) is 0.712. The lowest BCUT2D eigenvalue weighted by Gasteiger charge is -2.38. The molecule has 1 fully saturated rings. The number of ether oxygens (including phenoxy) is 1. The average Bonchev–Trinajstić information content (AvgIpc) is 2.96. The first-order chi connectivity index (χ1) is 18.5. The number of nitrogens with zero attached hydrogens (tertiary/aromatic N) is 2. The number of rotatable bonds is 9. The first kappa shape index (κ1) is 26.9. The number of hydrogen-bond donors (Lipinski definition) is 3. The second-order valence-corrected chi connectivity index (χ2v) is 9.26. The Balaban J connectivity index is 1.48. The van der Waals surface area contributed by atoms with Crippen LogP contribution in [0, 0.1) is 0 Å². The van der Waals surface area contributed by atoms with Crippen molar-refractivity contribution >= 4 is 34.7 Å². The first-order valence-electron chi connectivity index (χ1n) is 13.2. The van der Waals surface area contributed by atoms with Crippen molar-refractivity contribution < 1.29 is 14.3 Å². The zero-order valence-corrected chi connectivity index (χ0v) is 22.4. The summed E-state index contributed by atoms with van der Waals surface area (Å²) in [7, 11) is 1.69. The maximum absolute atomic E-state index is 13.1.